The van der Waals surface area contributed by atoms with Gasteiger partial charge in [0, 0.05) is 11.8 Å². The van der Waals surface area contributed by atoms with Gasteiger partial charge < -0.3 is 4.74 Å². The molecule has 0 amide bonds. The maximum Gasteiger partial charge on any atom is 0.221 e. The number of hydrogen-bond acceptors (Lipinski definition) is 2. The van der Waals surface area contributed by atoms with Gasteiger partial charge in [-0.25, -0.2) is 4.98 Å². The second kappa shape index (κ2) is 5.04. The van der Waals surface area contributed by atoms with Crippen molar-refractivity contribution in [1.82, 2.24) is 4.98 Å². The number of nitrogens with zero attached hydrogens (tertiary/aromatic N) is 1. The predicted octanol–water partition coefficient (Wildman–Crippen LogP) is 5.19. The summed E-state index contributed by atoms with van der Waals surface area (Å²) in [5.74, 6) is 0.558. The van der Waals surface area contributed by atoms with Crippen LogP contribution >= 0.6 is 34.8 Å². The maximum absolute atomic E-state index is 6.01. The van der Waals surface area contributed by atoms with Gasteiger partial charge in [-0.05, 0) is 35.9 Å². The Morgan fingerprint density at radius 1 is 1.05 bits per heavy atom. The molecule has 1 aromatic carbocycles. The minimum absolute atomic E-state index is 0.226. The highest BCUT2D eigenvalue weighted by molar-refractivity contribution is 6.42. The molecule has 1 aliphatic heterocycles. The van der Waals surface area contributed by atoms with Crippen molar-refractivity contribution in [2.75, 3.05) is 0 Å². The van der Waals surface area contributed by atoms with E-state index >= 15 is 0 Å². The summed E-state index contributed by atoms with van der Waals surface area (Å²) < 4.78 is 5.81. The van der Waals surface area contributed by atoms with E-state index in [2.05, 4.69) is 4.98 Å². The van der Waals surface area contributed by atoms with Crippen molar-refractivity contribution in [3.8, 4) is 5.88 Å². The summed E-state index contributed by atoms with van der Waals surface area (Å²) in [4.78, 5) is 4.17. The summed E-state index contributed by atoms with van der Waals surface area (Å²) in [6, 6.07) is 7.23. The number of aromatic nitrogens is 1. The van der Waals surface area contributed by atoms with E-state index in [1.165, 1.54) is 0 Å². The van der Waals surface area contributed by atoms with E-state index in [0.717, 1.165) is 11.1 Å². The lowest BCUT2D eigenvalue weighted by molar-refractivity contribution is 0.241. The van der Waals surface area contributed by atoms with Crippen LogP contribution in [0.2, 0.25) is 15.1 Å². The maximum atomic E-state index is 6.01. The smallest absolute Gasteiger partial charge is 0.221 e. The number of fused-ring (bicyclic) bond motifs is 1. The Labute approximate surface area is 125 Å². The third-order valence-corrected chi connectivity index (χ3v) is 3.75. The van der Waals surface area contributed by atoms with Crippen LogP contribution in [0, 0.1) is 0 Å². The van der Waals surface area contributed by atoms with Crippen LogP contribution in [0.15, 0.2) is 36.5 Å². The average Bonchev–Trinajstić information content (AvgIpc) is 2.41. The topological polar surface area (TPSA) is 22.1 Å². The lowest BCUT2D eigenvalue weighted by Crippen LogP contribution is -2.10. The van der Waals surface area contributed by atoms with Crippen LogP contribution in [0.1, 0.15) is 17.2 Å². The van der Waals surface area contributed by atoms with Gasteiger partial charge in [-0.1, -0.05) is 40.9 Å². The Hall–Kier alpha value is -1.22. The summed E-state index contributed by atoms with van der Waals surface area (Å²) in [6.07, 6.45) is 5.20. The first-order chi connectivity index (χ1) is 9.13. The molecule has 0 saturated heterocycles. The highest BCUT2D eigenvalue weighted by Crippen LogP contribution is 2.34. The highest BCUT2D eigenvalue weighted by Gasteiger charge is 2.18. The van der Waals surface area contributed by atoms with Gasteiger partial charge in [0.2, 0.25) is 5.88 Å². The molecule has 0 fully saturated rings. The molecule has 1 aliphatic rings. The normalized spacial score (nSPS) is 16.9. The van der Waals surface area contributed by atoms with Crippen molar-refractivity contribution in [3.05, 3.63) is 62.7 Å². The first-order valence-electron chi connectivity index (χ1n) is 5.59. The van der Waals surface area contributed by atoms with Crippen LogP contribution in [0.3, 0.4) is 0 Å². The number of hydrogen-bond donors (Lipinski definition) is 0. The van der Waals surface area contributed by atoms with E-state index in [1.807, 2.05) is 24.3 Å². The third-order valence-electron chi connectivity index (χ3n) is 2.81. The van der Waals surface area contributed by atoms with Crippen molar-refractivity contribution in [2.24, 2.45) is 0 Å². The SMILES string of the molecule is Clc1cnc2c(c1)C=CC(c1ccc(Cl)c(Cl)c1)O2. The first kappa shape index (κ1) is 12.8. The molecule has 19 heavy (non-hydrogen) atoms. The number of ether oxygens (including phenoxy) is 1. The predicted molar refractivity (Wildman–Crippen MR) is 78.1 cm³/mol. The van der Waals surface area contributed by atoms with Gasteiger partial charge in [0.1, 0.15) is 6.10 Å². The summed E-state index contributed by atoms with van der Waals surface area (Å²) in [5.41, 5.74) is 1.79. The second-order valence-electron chi connectivity index (χ2n) is 4.12. The molecule has 0 N–H and O–H groups in total. The van der Waals surface area contributed by atoms with Crippen molar-refractivity contribution >= 4 is 40.9 Å². The molecule has 3 rings (SSSR count). The van der Waals surface area contributed by atoms with E-state index in [-0.39, 0.29) is 6.10 Å². The molecule has 2 heterocycles. The minimum atomic E-state index is -0.226. The second-order valence-corrected chi connectivity index (χ2v) is 5.37. The minimum Gasteiger partial charge on any atom is -0.465 e. The Balaban J connectivity index is 1.94. The summed E-state index contributed by atoms with van der Waals surface area (Å²) in [6.45, 7) is 0. The van der Waals surface area contributed by atoms with Crippen molar-refractivity contribution < 1.29 is 4.74 Å². The quantitative estimate of drug-likeness (QED) is 0.723. The molecule has 5 heteroatoms. The monoisotopic (exact) mass is 311 g/mol. The van der Waals surface area contributed by atoms with Gasteiger partial charge in [-0.3, -0.25) is 0 Å². The Morgan fingerprint density at radius 2 is 1.89 bits per heavy atom. The molecule has 0 saturated carbocycles. The zero-order chi connectivity index (χ0) is 13.4. The van der Waals surface area contributed by atoms with Gasteiger partial charge in [-0.2, -0.15) is 0 Å². The zero-order valence-electron chi connectivity index (χ0n) is 9.61. The molecule has 1 aromatic heterocycles. The molecule has 0 aliphatic carbocycles. The standard InChI is InChI=1S/C14H8Cl3NO/c15-10-5-9-2-4-13(19-14(9)18-7-10)8-1-3-11(16)12(17)6-8/h1-7,13H. The largest absolute Gasteiger partial charge is 0.465 e. The molecule has 0 bridgehead atoms. The van der Waals surface area contributed by atoms with Crippen LogP contribution in [0.25, 0.3) is 6.08 Å². The lowest BCUT2D eigenvalue weighted by atomic mass is 10.1. The molecule has 2 nitrogen and oxygen atoms in total. The van der Waals surface area contributed by atoms with Crippen LogP contribution < -0.4 is 4.74 Å². The van der Waals surface area contributed by atoms with Crippen molar-refractivity contribution in [1.29, 1.82) is 0 Å². The molecule has 1 unspecified atom stereocenters. The zero-order valence-corrected chi connectivity index (χ0v) is 11.9. The fourth-order valence-corrected chi connectivity index (χ4v) is 2.35. The molecule has 0 radical (unpaired) electrons. The number of benzene rings is 1. The van der Waals surface area contributed by atoms with E-state index in [1.54, 1.807) is 18.3 Å². The van der Waals surface area contributed by atoms with Crippen LogP contribution in [-0.4, -0.2) is 4.98 Å². The third kappa shape index (κ3) is 2.57. The van der Waals surface area contributed by atoms with Crippen LogP contribution in [0.5, 0.6) is 5.88 Å². The molecular formula is C14H8Cl3NO. The summed E-state index contributed by atoms with van der Waals surface area (Å²) in [5, 5.41) is 1.61. The molecule has 0 spiro atoms. The Kier molecular flexibility index (Phi) is 3.40. The van der Waals surface area contributed by atoms with Crippen molar-refractivity contribution in [3.63, 3.8) is 0 Å². The summed E-state index contributed by atoms with van der Waals surface area (Å²) in [7, 11) is 0. The van der Waals surface area contributed by atoms with E-state index in [4.69, 9.17) is 39.5 Å². The van der Waals surface area contributed by atoms with E-state index in [0.29, 0.717) is 20.9 Å². The number of halogens is 3. The lowest BCUT2D eigenvalue weighted by Gasteiger charge is -2.21. The average molecular weight is 313 g/mol. The molecule has 1 atom stereocenters. The molecular weight excluding hydrogens is 305 g/mol. The Morgan fingerprint density at radius 3 is 2.68 bits per heavy atom. The van der Waals surface area contributed by atoms with Crippen LogP contribution in [0.4, 0.5) is 0 Å². The van der Waals surface area contributed by atoms with Gasteiger partial charge in [0.05, 0.1) is 15.1 Å². The fraction of sp³-hybridized carbons (Fsp3) is 0.0714. The van der Waals surface area contributed by atoms with Gasteiger partial charge in [0.25, 0.3) is 0 Å². The van der Waals surface area contributed by atoms with Gasteiger partial charge >= 0.3 is 0 Å². The van der Waals surface area contributed by atoms with E-state index in [9.17, 15) is 0 Å². The summed E-state index contributed by atoms with van der Waals surface area (Å²) >= 11 is 17.8. The molecule has 96 valence electrons. The first-order valence-corrected chi connectivity index (χ1v) is 6.72. The van der Waals surface area contributed by atoms with Crippen LogP contribution in [-0.2, 0) is 0 Å². The van der Waals surface area contributed by atoms with E-state index < -0.39 is 0 Å². The number of rotatable bonds is 1. The van der Waals surface area contributed by atoms with Crippen molar-refractivity contribution in [2.45, 2.75) is 6.10 Å². The Bertz CT molecular complexity index is 670. The number of pyridine rings is 1. The molecule has 2 aromatic rings. The van der Waals surface area contributed by atoms with Gasteiger partial charge in [0.15, 0.2) is 0 Å². The van der Waals surface area contributed by atoms with Gasteiger partial charge in [-0.15, -0.1) is 0 Å². The highest BCUT2D eigenvalue weighted by atomic mass is 35.5. The fourth-order valence-electron chi connectivity index (χ4n) is 1.88.